The van der Waals surface area contributed by atoms with E-state index in [0.717, 1.165) is 0 Å². The van der Waals surface area contributed by atoms with Crippen LogP contribution < -0.4 is 0 Å². The molecule has 0 bridgehead atoms. The summed E-state index contributed by atoms with van der Waals surface area (Å²) < 4.78 is 5.21. The highest BCUT2D eigenvalue weighted by Crippen LogP contribution is 2.28. The van der Waals surface area contributed by atoms with E-state index in [1.807, 2.05) is 0 Å². The highest BCUT2D eigenvalue weighted by Gasteiger charge is 2.47. The third-order valence-corrected chi connectivity index (χ3v) is 2.40. The molecule has 4 N–H and O–H groups in total. The van der Waals surface area contributed by atoms with Crippen molar-refractivity contribution in [3.05, 3.63) is 0 Å². The Kier molecular flexibility index (Phi) is 2.94. The molecule has 0 aromatic rings. The lowest BCUT2D eigenvalue weighted by atomic mass is 9.87. The molecule has 0 aromatic carbocycles. The molecule has 13 heavy (non-hydrogen) atoms. The summed E-state index contributed by atoms with van der Waals surface area (Å²) in [6, 6.07) is 0. The van der Waals surface area contributed by atoms with Crippen molar-refractivity contribution in [3.8, 4) is 0 Å². The normalized spacial score (nSPS) is 44.8. The van der Waals surface area contributed by atoms with Crippen LogP contribution in [0.2, 0.25) is 0 Å². The molecule has 1 saturated heterocycles. The van der Waals surface area contributed by atoms with E-state index in [0.29, 0.717) is 0 Å². The van der Waals surface area contributed by atoms with Crippen molar-refractivity contribution in [2.45, 2.75) is 43.9 Å². The van der Waals surface area contributed by atoms with Crippen molar-refractivity contribution < 1.29 is 25.2 Å². The average Bonchev–Trinajstić information content (AvgIpc) is 2.08. The molecule has 1 fully saturated rings. The zero-order valence-electron chi connectivity index (χ0n) is 7.71. The summed E-state index contributed by atoms with van der Waals surface area (Å²) in [7, 11) is 0. The van der Waals surface area contributed by atoms with Gasteiger partial charge in [0.15, 0.2) is 0 Å². The summed E-state index contributed by atoms with van der Waals surface area (Å²) in [5.74, 6) is 0. The van der Waals surface area contributed by atoms with Gasteiger partial charge in [-0.1, -0.05) is 0 Å². The third kappa shape index (κ3) is 1.84. The molecule has 1 aliphatic heterocycles. The van der Waals surface area contributed by atoms with Crippen molar-refractivity contribution in [1.29, 1.82) is 0 Å². The van der Waals surface area contributed by atoms with Crippen LogP contribution in [0, 0.1) is 0 Å². The van der Waals surface area contributed by atoms with E-state index in [9.17, 15) is 15.3 Å². The molecule has 0 aromatic heterocycles. The zero-order chi connectivity index (χ0) is 10.2. The van der Waals surface area contributed by atoms with Crippen molar-refractivity contribution in [1.82, 2.24) is 0 Å². The van der Waals surface area contributed by atoms with Gasteiger partial charge in [0.05, 0.1) is 12.2 Å². The smallest absolute Gasteiger partial charge is 0.111 e. The lowest BCUT2D eigenvalue weighted by Gasteiger charge is -2.45. The summed E-state index contributed by atoms with van der Waals surface area (Å²) in [6.45, 7) is 2.80. The van der Waals surface area contributed by atoms with Crippen molar-refractivity contribution in [3.63, 3.8) is 0 Å². The fourth-order valence-electron chi connectivity index (χ4n) is 1.49. The van der Waals surface area contributed by atoms with Crippen LogP contribution in [0.3, 0.4) is 0 Å². The van der Waals surface area contributed by atoms with Gasteiger partial charge >= 0.3 is 0 Å². The molecular weight excluding hydrogens is 176 g/mol. The first-order valence-electron chi connectivity index (χ1n) is 4.23. The molecule has 0 radical (unpaired) electrons. The van der Waals surface area contributed by atoms with Gasteiger partial charge in [0.2, 0.25) is 0 Å². The molecule has 5 nitrogen and oxygen atoms in total. The Morgan fingerprint density at radius 1 is 1.15 bits per heavy atom. The summed E-state index contributed by atoms with van der Waals surface area (Å²) >= 11 is 0. The second-order valence-electron chi connectivity index (χ2n) is 3.87. The molecule has 2 unspecified atom stereocenters. The van der Waals surface area contributed by atoms with Crippen LogP contribution in [0.15, 0.2) is 0 Å². The van der Waals surface area contributed by atoms with Crippen LogP contribution in [0.5, 0.6) is 0 Å². The highest BCUT2D eigenvalue weighted by molar-refractivity contribution is 4.96. The summed E-state index contributed by atoms with van der Waals surface area (Å²) in [6.07, 6.45) is -4.51. The van der Waals surface area contributed by atoms with E-state index in [4.69, 9.17) is 9.84 Å². The van der Waals surface area contributed by atoms with Crippen LogP contribution in [-0.4, -0.2) is 57.0 Å². The molecule has 78 valence electrons. The Balaban J connectivity index is 2.79. The SMILES string of the molecule is CC1(C)OC(CO)[C@@H](O)[C@H](O)C1O. The summed E-state index contributed by atoms with van der Waals surface area (Å²) in [5, 5.41) is 37.0. The Morgan fingerprint density at radius 2 is 1.69 bits per heavy atom. The number of aliphatic hydroxyl groups is 4. The number of rotatable bonds is 1. The van der Waals surface area contributed by atoms with E-state index in [2.05, 4.69) is 0 Å². The number of ether oxygens (including phenoxy) is 1. The fourth-order valence-corrected chi connectivity index (χ4v) is 1.49. The second-order valence-corrected chi connectivity index (χ2v) is 3.87. The van der Waals surface area contributed by atoms with Crippen LogP contribution in [-0.2, 0) is 4.74 Å². The molecule has 0 spiro atoms. The van der Waals surface area contributed by atoms with Crippen LogP contribution >= 0.6 is 0 Å². The average molecular weight is 192 g/mol. The summed E-state index contributed by atoms with van der Waals surface area (Å²) in [4.78, 5) is 0. The maximum atomic E-state index is 9.47. The predicted molar refractivity (Wildman–Crippen MR) is 44.1 cm³/mol. The van der Waals surface area contributed by atoms with E-state index in [-0.39, 0.29) is 6.61 Å². The minimum absolute atomic E-state index is 0.381. The quantitative estimate of drug-likeness (QED) is 0.395. The molecule has 0 aliphatic carbocycles. The summed E-state index contributed by atoms with van der Waals surface area (Å²) in [5.41, 5.74) is -0.952. The van der Waals surface area contributed by atoms with E-state index in [1.165, 1.54) is 0 Å². The van der Waals surface area contributed by atoms with Gasteiger partial charge in [-0.25, -0.2) is 0 Å². The molecule has 1 aliphatic rings. The number of hydrogen-bond donors (Lipinski definition) is 4. The van der Waals surface area contributed by atoms with Crippen molar-refractivity contribution in [2.75, 3.05) is 6.61 Å². The fraction of sp³-hybridized carbons (Fsp3) is 1.00. The van der Waals surface area contributed by atoms with Gasteiger partial charge in [0.25, 0.3) is 0 Å². The van der Waals surface area contributed by atoms with Crippen LogP contribution in [0.25, 0.3) is 0 Å². The first-order chi connectivity index (χ1) is 5.90. The molecule has 0 saturated carbocycles. The largest absolute Gasteiger partial charge is 0.394 e. The third-order valence-electron chi connectivity index (χ3n) is 2.40. The molecule has 1 heterocycles. The topological polar surface area (TPSA) is 90.2 Å². The Labute approximate surface area is 76.6 Å². The van der Waals surface area contributed by atoms with Crippen molar-refractivity contribution in [2.24, 2.45) is 0 Å². The number of aliphatic hydroxyl groups excluding tert-OH is 4. The molecule has 0 amide bonds. The van der Waals surface area contributed by atoms with Gasteiger partial charge in [0.1, 0.15) is 24.4 Å². The lowest BCUT2D eigenvalue weighted by Crippen LogP contribution is -2.62. The van der Waals surface area contributed by atoms with Crippen LogP contribution in [0.4, 0.5) is 0 Å². The van der Waals surface area contributed by atoms with Gasteiger partial charge in [-0.15, -0.1) is 0 Å². The van der Waals surface area contributed by atoms with E-state index in [1.54, 1.807) is 13.8 Å². The van der Waals surface area contributed by atoms with Gasteiger partial charge in [-0.3, -0.25) is 0 Å². The standard InChI is InChI=1S/C8H16O5/c1-8(2)7(12)6(11)5(10)4(3-9)13-8/h4-7,9-12H,3H2,1-2H3/t4?,5-,6+,7?/m1/s1. The lowest BCUT2D eigenvalue weighted by molar-refractivity contribution is -0.262. The van der Waals surface area contributed by atoms with Gasteiger partial charge in [-0.05, 0) is 13.8 Å². The van der Waals surface area contributed by atoms with E-state index >= 15 is 0 Å². The first kappa shape index (κ1) is 10.9. The van der Waals surface area contributed by atoms with Crippen LogP contribution in [0.1, 0.15) is 13.8 Å². The van der Waals surface area contributed by atoms with Crippen molar-refractivity contribution >= 4 is 0 Å². The van der Waals surface area contributed by atoms with Gasteiger partial charge in [0, 0.05) is 0 Å². The first-order valence-corrected chi connectivity index (χ1v) is 4.23. The second kappa shape index (κ2) is 3.51. The Bertz CT molecular complexity index is 179. The number of hydrogen-bond acceptors (Lipinski definition) is 5. The molecule has 4 atom stereocenters. The van der Waals surface area contributed by atoms with Gasteiger partial charge < -0.3 is 25.2 Å². The molecular formula is C8H16O5. The minimum atomic E-state index is -1.28. The maximum Gasteiger partial charge on any atom is 0.111 e. The van der Waals surface area contributed by atoms with Gasteiger partial charge in [-0.2, -0.15) is 0 Å². The highest BCUT2D eigenvalue weighted by atomic mass is 16.6. The minimum Gasteiger partial charge on any atom is -0.394 e. The Morgan fingerprint density at radius 3 is 2.15 bits per heavy atom. The molecule has 5 heteroatoms. The zero-order valence-corrected chi connectivity index (χ0v) is 7.71. The maximum absolute atomic E-state index is 9.47. The molecule has 1 rings (SSSR count). The van der Waals surface area contributed by atoms with E-state index < -0.39 is 30.0 Å². The Hall–Kier alpha value is -0.200. The monoisotopic (exact) mass is 192 g/mol. The predicted octanol–water partition coefficient (Wildman–Crippen LogP) is -1.76.